The van der Waals surface area contributed by atoms with Crippen LogP contribution in [0, 0.1) is 0 Å². The first-order valence-electron chi connectivity index (χ1n) is 7.27. The summed E-state index contributed by atoms with van der Waals surface area (Å²) in [6, 6.07) is 0. The Morgan fingerprint density at radius 3 is 2.85 bits per heavy atom. The number of anilines is 1. The van der Waals surface area contributed by atoms with E-state index in [-0.39, 0.29) is 23.7 Å². The topological polar surface area (TPSA) is 192 Å². The Labute approximate surface area is 146 Å². The van der Waals surface area contributed by atoms with E-state index in [9.17, 15) is 23.2 Å². The molecule has 2 aromatic rings. The second-order valence-corrected chi connectivity index (χ2v) is 8.67. The molecule has 0 aliphatic carbocycles. The predicted molar refractivity (Wildman–Crippen MR) is 85.6 cm³/mol. The molecule has 0 spiro atoms. The van der Waals surface area contributed by atoms with E-state index < -0.39 is 53.7 Å². The minimum atomic E-state index is -3.92. The minimum absolute atomic E-state index is 0.0581. The van der Waals surface area contributed by atoms with E-state index >= 15 is 0 Å². The van der Waals surface area contributed by atoms with Crippen LogP contribution in [0.4, 0.5) is 5.95 Å². The van der Waals surface area contributed by atoms with Gasteiger partial charge in [-0.15, -0.1) is 0 Å². The van der Waals surface area contributed by atoms with Crippen molar-refractivity contribution < 1.29 is 32.2 Å². The summed E-state index contributed by atoms with van der Waals surface area (Å²) in [4.78, 5) is 31.5. The summed E-state index contributed by atoms with van der Waals surface area (Å²) >= 11 is 0. The van der Waals surface area contributed by atoms with Crippen LogP contribution in [0.2, 0.25) is 0 Å². The third kappa shape index (κ3) is 2.70. The van der Waals surface area contributed by atoms with Crippen molar-refractivity contribution in [2.45, 2.75) is 29.7 Å². The molecule has 13 nitrogen and oxygen atoms in total. The Bertz CT molecular complexity index is 1040. The van der Waals surface area contributed by atoms with E-state index in [0.29, 0.717) is 0 Å². The van der Waals surface area contributed by atoms with Crippen LogP contribution in [0.5, 0.6) is 0 Å². The van der Waals surface area contributed by atoms with E-state index in [4.69, 9.17) is 19.5 Å². The van der Waals surface area contributed by atoms with Gasteiger partial charge in [-0.3, -0.25) is 14.3 Å². The monoisotopic (exact) mass is 407 g/mol. The molecule has 2 saturated heterocycles. The second-order valence-electron chi connectivity index (χ2n) is 5.82. The Balaban J connectivity index is 1.92. The lowest BCUT2D eigenvalue weighted by molar-refractivity contribution is -0.0615. The molecule has 0 amide bonds. The molecule has 5 atom stereocenters. The largest absolute Gasteiger partial charge is 0.386 e. The van der Waals surface area contributed by atoms with Crippen LogP contribution in [-0.2, 0) is 23.6 Å². The number of sulfone groups is 1. The molecule has 142 valence electrons. The summed E-state index contributed by atoms with van der Waals surface area (Å²) in [6.45, 7) is -0.0581. The first-order valence-corrected chi connectivity index (χ1v) is 10.3. The van der Waals surface area contributed by atoms with E-state index in [1.807, 2.05) is 0 Å². The number of H-pyrrole nitrogens is 1. The molecule has 4 heterocycles. The Kier molecular flexibility index (Phi) is 4.04. The molecule has 4 rings (SSSR count). The van der Waals surface area contributed by atoms with Gasteiger partial charge in [0.05, 0.1) is 6.61 Å². The summed E-state index contributed by atoms with van der Waals surface area (Å²) in [7, 11) is -6.09. The molecule has 2 aliphatic rings. The van der Waals surface area contributed by atoms with E-state index in [1.54, 1.807) is 0 Å². The Morgan fingerprint density at radius 2 is 2.15 bits per heavy atom. The molecule has 0 bridgehead atoms. The Hall–Kier alpha value is -1.67. The number of aliphatic hydroxyl groups excluding tert-OH is 1. The fourth-order valence-electron chi connectivity index (χ4n) is 2.94. The minimum Gasteiger partial charge on any atom is -0.386 e. The molecule has 2 aromatic heterocycles. The summed E-state index contributed by atoms with van der Waals surface area (Å²) in [5.74, 6) is -0.257. The molecule has 5 N–H and O–H groups in total. The van der Waals surface area contributed by atoms with Gasteiger partial charge in [-0.25, -0.2) is 13.4 Å². The number of aliphatic hydroxyl groups is 1. The molecule has 26 heavy (non-hydrogen) atoms. The van der Waals surface area contributed by atoms with Crippen molar-refractivity contribution in [2.75, 3.05) is 18.6 Å². The van der Waals surface area contributed by atoms with Crippen LogP contribution in [0.15, 0.2) is 9.95 Å². The van der Waals surface area contributed by atoms with Gasteiger partial charge in [-0.2, -0.15) is 4.98 Å². The lowest BCUT2D eigenvalue weighted by Gasteiger charge is -2.27. The van der Waals surface area contributed by atoms with Gasteiger partial charge >= 0.3 is 8.60 Å². The molecule has 3 unspecified atom stereocenters. The summed E-state index contributed by atoms with van der Waals surface area (Å²) in [5, 5.41) is 10.0. The highest BCUT2D eigenvalue weighted by atomic mass is 32.2. The number of aromatic nitrogens is 4. The van der Waals surface area contributed by atoms with Gasteiger partial charge in [0.1, 0.15) is 18.3 Å². The van der Waals surface area contributed by atoms with Crippen LogP contribution in [-0.4, -0.2) is 69.1 Å². The third-order valence-electron chi connectivity index (χ3n) is 3.99. The van der Waals surface area contributed by atoms with Crippen molar-refractivity contribution in [3.05, 3.63) is 10.4 Å². The maximum atomic E-state index is 12.2. The predicted octanol–water partition coefficient (Wildman–Crippen LogP) is -2.00. The zero-order chi connectivity index (χ0) is 18.8. The quantitative estimate of drug-likeness (QED) is 0.402. The van der Waals surface area contributed by atoms with Crippen molar-refractivity contribution in [2.24, 2.45) is 0 Å². The van der Waals surface area contributed by atoms with Crippen molar-refractivity contribution in [3.63, 3.8) is 0 Å². The van der Waals surface area contributed by atoms with Crippen LogP contribution in [0.25, 0.3) is 11.2 Å². The smallest absolute Gasteiger partial charge is 0.330 e. The van der Waals surface area contributed by atoms with Crippen LogP contribution < -0.4 is 11.3 Å². The Morgan fingerprint density at radius 1 is 1.42 bits per heavy atom. The normalized spacial score (nSPS) is 32.0. The fraction of sp³-hybridized carbons (Fsp3) is 0.545. The number of ether oxygens (including phenoxy) is 1. The molecular formula is C11H14N5O8PS. The fourth-order valence-corrected chi connectivity index (χ4v) is 4.55. The van der Waals surface area contributed by atoms with Gasteiger partial charge in [0.15, 0.2) is 17.4 Å². The zero-order valence-electron chi connectivity index (χ0n) is 13.1. The lowest BCUT2D eigenvalue weighted by atomic mass is 10.1. The van der Waals surface area contributed by atoms with E-state index in [1.165, 1.54) is 0 Å². The van der Waals surface area contributed by atoms with Gasteiger partial charge in [0.25, 0.3) is 5.56 Å². The van der Waals surface area contributed by atoms with Gasteiger partial charge in [-0.1, -0.05) is 0 Å². The van der Waals surface area contributed by atoms with Gasteiger partial charge in [-0.05, 0) is 0 Å². The summed E-state index contributed by atoms with van der Waals surface area (Å²) in [6.07, 6.45) is -3.48. The van der Waals surface area contributed by atoms with E-state index in [2.05, 4.69) is 15.0 Å². The highest BCUT2D eigenvalue weighted by Crippen LogP contribution is 2.47. The van der Waals surface area contributed by atoms with Crippen molar-refractivity contribution in [1.82, 2.24) is 19.5 Å². The van der Waals surface area contributed by atoms with Crippen molar-refractivity contribution in [3.8, 4) is 0 Å². The average Bonchev–Trinajstić information content (AvgIpc) is 3.06. The number of hydrogen-bond donors (Lipinski definition) is 4. The van der Waals surface area contributed by atoms with Crippen LogP contribution in [0.3, 0.4) is 0 Å². The SMILES string of the molecule is CS(=O)(=O)c1nc2c(=O)[nH]c(N)nc2n1[C@@H]1OC2COP(O)O[C@H]2C1O. The van der Waals surface area contributed by atoms with Gasteiger partial charge < -0.3 is 29.5 Å². The number of aromatic amines is 1. The maximum Gasteiger partial charge on any atom is 0.330 e. The third-order valence-corrected chi connectivity index (χ3v) is 5.74. The standard InChI is InChI=1S/C11H14N5O8PS/c1-26(20,21)11-13-4-7(14-10(12)15-8(4)18)16(11)9-5(17)6-3(23-9)2-22-25(19)24-6/h3,5-6,9,17,19H,2H2,1H3,(H3,12,14,15,18)/t3?,5?,6-,9-,25?/m1/s1. The average molecular weight is 407 g/mol. The summed E-state index contributed by atoms with van der Waals surface area (Å²) in [5.41, 5.74) is 4.37. The van der Waals surface area contributed by atoms with Gasteiger partial charge in [0.2, 0.25) is 20.9 Å². The second kappa shape index (κ2) is 5.92. The highest BCUT2D eigenvalue weighted by molar-refractivity contribution is 7.90. The van der Waals surface area contributed by atoms with Crippen molar-refractivity contribution in [1.29, 1.82) is 0 Å². The first kappa shape index (κ1) is 17.7. The number of imidazole rings is 1. The molecule has 0 aromatic carbocycles. The molecule has 2 fully saturated rings. The number of nitrogens with one attached hydrogen (secondary N) is 1. The van der Waals surface area contributed by atoms with Crippen LogP contribution in [0.1, 0.15) is 6.23 Å². The number of fused-ring (bicyclic) bond motifs is 2. The number of rotatable bonds is 2. The number of nitrogens with zero attached hydrogens (tertiary/aromatic N) is 3. The van der Waals surface area contributed by atoms with Gasteiger partial charge in [0, 0.05) is 6.26 Å². The maximum absolute atomic E-state index is 12.2. The molecule has 2 aliphatic heterocycles. The highest BCUT2D eigenvalue weighted by Gasteiger charge is 2.51. The lowest BCUT2D eigenvalue weighted by Crippen LogP contribution is -2.38. The molecule has 0 saturated carbocycles. The zero-order valence-corrected chi connectivity index (χ0v) is 14.8. The molecular weight excluding hydrogens is 393 g/mol. The van der Waals surface area contributed by atoms with E-state index in [0.717, 1.165) is 10.8 Å². The molecule has 15 heteroatoms. The van der Waals surface area contributed by atoms with Crippen LogP contribution >= 0.6 is 8.60 Å². The molecule has 0 radical (unpaired) electrons. The number of nitrogen functional groups attached to an aromatic ring is 1. The number of nitrogens with two attached hydrogens (primary N) is 1. The summed E-state index contributed by atoms with van der Waals surface area (Å²) < 4.78 is 41.1. The van der Waals surface area contributed by atoms with Crippen molar-refractivity contribution >= 4 is 35.6 Å². The number of hydrogen-bond acceptors (Lipinski definition) is 11. The first-order chi connectivity index (χ1) is 12.2.